The third-order valence-electron chi connectivity index (χ3n) is 4.83. The zero-order chi connectivity index (χ0) is 22.3. The molecule has 1 amide bonds. The van der Waals surface area contributed by atoms with Gasteiger partial charge in [-0.15, -0.1) is 0 Å². The summed E-state index contributed by atoms with van der Waals surface area (Å²) < 4.78 is 6.51. The van der Waals surface area contributed by atoms with Crippen molar-refractivity contribution in [3.8, 4) is 5.75 Å². The van der Waals surface area contributed by atoms with Crippen LogP contribution in [0.1, 0.15) is 68.8 Å². The van der Waals surface area contributed by atoms with Crippen molar-refractivity contribution in [2.24, 2.45) is 5.10 Å². The first kappa shape index (κ1) is 22.1. The second kappa shape index (κ2) is 7.91. The summed E-state index contributed by atoms with van der Waals surface area (Å²) in [4.78, 5) is 12.4. The standard InChI is InChI=1S/C24H27BrN2O3/c1-23(2,3)17-9-14(10-18(21(17)28)24(4,5)6)13-26-27-22(29)20-12-15-11-16(25)7-8-19(15)30-20/h7-13,28H,1-6H3,(H,27,29)/b26-13+. The van der Waals surface area contributed by atoms with Gasteiger partial charge in [0, 0.05) is 21.0 Å². The number of carbonyl (C=O) groups excluding carboxylic acids is 1. The van der Waals surface area contributed by atoms with Crippen molar-refractivity contribution in [3.05, 3.63) is 63.3 Å². The number of phenolic OH excluding ortho intramolecular Hbond substituents is 1. The highest BCUT2D eigenvalue weighted by atomic mass is 79.9. The van der Waals surface area contributed by atoms with Crippen LogP contribution in [0, 0.1) is 0 Å². The van der Waals surface area contributed by atoms with Crippen LogP contribution in [0.5, 0.6) is 5.75 Å². The van der Waals surface area contributed by atoms with Gasteiger partial charge < -0.3 is 9.52 Å². The maximum absolute atomic E-state index is 12.4. The summed E-state index contributed by atoms with van der Waals surface area (Å²) in [6, 6.07) is 11.0. The summed E-state index contributed by atoms with van der Waals surface area (Å²) in [5.41, 5.74) is 5.16. The number of hydrazone groups is 1. The van der Waals surface area contributed by atoms with Crippen molar-refractivity contribution in [3.63, 3.8) is 0 Å². The number of amides is 1. The van der Waals surface area contributed by atoms with Crippen LogP contribution < -0.4 is 5.43 Å². The molecule has 2 N–H and O–H groups in total. The fourth-order valence-electron chi connectivity index (χ4n) is 3.22. The Hall–Kier alpha value is -2.60. The van der Waals surface area contributed by atoms with Gasteiger partial charge in [-0.05, 0) is 52.8 Å². The number of furan rings is 1. The number of halogens is 1. The number of rotatable bonds is 3. The monoisotopic (exact) mass is 470 g/mol. The van der Waals surface area contributed by atoms with Crippen molar-refractivity contribution in [1.29, 1.82) is 0 Å². The molecule has 0 spiro atoms. The van der Waals surface area contributed by atoms with Crippen molar-refractivity contribution >= 4 is 39.0 Å². The van der Waals surface area contributed by atoms with Crippen LogP contribution in [0.4, 0.5) is 0 Å². The van der Waals surface area contributed by atoms with Crippen LogP contribution in [0.3, 0.4) is 0 Å². The zero-order valence-electron chi connectivity index (χ0n) is 18.1. The van der Waals surface area contributed by atoms with Gasteiger partial charge in [0.1, 0.15) is 11.3 Å². The number of carbonyl (C=O) groups is 1. The van der Waals surface area contributed by atoms with Crippen molar-refractivity contribution in [1.82, 2.24) is 5.43 Å². The van der Waals surface area contributed by atoms with E-state index in [-0.39, 0.29) is 16.6 Å². The van der Waals surface area contributed by atoms with Gasteiger partial charge in [-0.2, -0.15) is 5.10 Å². The number of nitrogens with zero attached hydrogens (tertiary/aromatic N) is 1. The molecule has 0 bridgehead atoms. The van der Waals surface area contributed by atoms with E-state index in [4.69, 9.17) is 4.42 Å². The Morgan fingerprint density at radius 2 is 1.63 bits per heavy atom. The number of fused-ring (bicyclic) bond motifs is 1. The molecule has 0 aliphatic carbocycles. The van der Waals surface area contributed by atoms with E-state index in [1.54, 1.807) is 18.3 Å². The number of aromatic hydroxyl groups is 1. The SMILES string of the molecule is CC(C)(C)c1cc(/C=N/NC(=O)c2cc3cc(Br)ccc3o2)cc(C(C)(C)C)c1O. The fraction of sp³-hybridized carbons (Fsp3) is 0.333. The maximum atomic E-state index is 12.4. The molecule has 0 radical (unpaired) electrons. The Kier molecular flexibility index (Phi) is 5.83. The summed E-state index contributed by atoms with van der Waals surface area (Å²) in [7, 11) is 0. The molecule has 0 aliphatic rings. The quantitative estimate of drug-likeness (QED) is 0.350. The normalized spacial score (nSPS) is 12.6. The highest BCUT2D eigenvalue weighted by molar-refractivity contribution is 9.10. The molecule has 0 aliphatic heterocycles. The predicted molar refractivity (Wildman–Crippen MR) is 124 cm³/mol. The summed E-state index contributed by atoms with van der Waals surface area (Å²) in [6.45, 7) is 12.3. The van der Waals surface area contributed by atoms with Crippen LogP contribution in [0.25, 0.3) is 11.0 Å². The molecule has 0 unspecified atom stereocenters. The number of benzene rings is 2. The topological polar surface area (TPSA) is 74.8 Å². The second-order valence-electron chi connectivity index (χ2n) is 9.46. The Balaban J connectivity index is 1.86. The molecule has 158 valence electrons. The molecular weight excluding hydrogens is 444 g/mol. The van der Waals surface area contributed by atoms with Gasteiger partial charge in [0.2, 0.25) is 0 Å². The predicted octanol–water partition coefficient (Wildman–Crippen LogP) is 6.26. The Bertz CT molecular complexity index is 1100. The number of nitrogens with one attached hydrogen (secondary N) is 1. The lowest BCUT2D eigenvalue weighted by molar-refractivity contribution is 0.0929. The minimum absolute atomic E-state index is 0.191. The van der Waals surface area contributed by atoms with Crippen LogP contribution in [0.15, 0.2) is 50.4 Å². The smallest absolute Gasteiger partial charge is 0.307 e. The molecule has 3 aromatic rings. The summed E-state index contributed by atoms with van der Waals surface area (Å²) in [6.07, 6.45) is 1.58. The number of phenols is 1. The summed E-state index contributed by atoms with van der Waals surface area (Å²) in [5, 5.41) is 15.7. The Morgan fingerprint density at radius 3 is 2.20 bits per heavy atom. The van der Waals surface area contributed by atoms with Crippen molar-refractivity contribution in [2.45, 2.75) is 52.4 Å². The first-order chi connectivity index (χ1) is 13.9. The Labute approximate surface area is 185 Å². The molecule has 1 aromatic heterocycles. The van der Waals surface area contributed by atoms with Gasteiger partial charge in [-0.1, -0.05) is 57.5 Å². The lowest BCUT2D eigenvalue weighted by atomic mass is 9.78. The third kappa shape index (κ3) is 4.75. The number of hydrogen-bond donors (Lipinski definition) is 2. The molecule has 2 aromatic carbocycles. The third-order valence-corrected chi connectivity index (χ3v) is 5.32. The van der Waals surface area contributed by atoms with E-state index in [1.165, 1.54) is 0 Å². The largest absolute Gasteiger partial charge is 0.507 e. The van der Waals surface area contributed by atoms with E-state index in [1.807, 2.05) is 24.3 Å². The van der Waals surface area contributed by atoms with Crippen molar-refractivity contribution < 1.29 is 14.3 Å². The van der Waals surface area contributed by atoms with Gasteiger partial charge in [-0.25, -0.2) is 5.43 Å². The highest BCUT2D eigenvalue weighted by Gasteiger charge is 2.26. The lowest BCUT2D eigenvalue weighted by Gasteiger charge is -2.27. The first-order valence-corrected chi connectivity index (χ1v) is 10.6. The van der Waals surface area contributed by atoms with Gasteiger partial charge in [-0.3, -0.25) is 4.79 Å². The molecule has 0 saturated carbocycles. The van der Waals surface area contributed by atoms with E-state index >= 15 is 0 Å². The molecule has 3 rings (SSSR count). The molecular formula is C24H27BrN2O3. The lowest BCUT2D eigenvalue weighted by Crippen LogP contribution is -2.19. The molecule has 5 nitrogen and oxygen atoms in total. The molecule has 0 saturated heterocycles. The van der Waals surface area contributed by atoms with E-state index in [0.717, 1.165) is 26.5 Å². The molecule has 0 atom stereocenters. The van der Waals surface area contributed by atoms with Crippen LogP contribution in [-0.2, 0) is 10.8 Å². The average Bonchev–Trinajstić information content (AvgIpc) is 3.04. The van der Waals surface area contributed by atoms with Crippen LogP contribution in [0.2, 0.25) is 0 Å². The summed E-state index contributed by atoms with van der Waals surface area (Å²) in [5.74, 6) is 0.0748. The van der Waals surface area contributed by atoms with Crippen molar-refractivity contribution in [2.75, 3.05) is 0 Å². The van der Waals surface area contributed by atoms with Gasteiger partial charge in [0.15, 0.2) is 5.76 Å². The first-order valence-electron chi connectivity index (χ1n) is 9.77. The summed E-state index contributed by atoms with van der Waals surface area (Å²) >= 11 is 3.41. The molecule has 30 heavy (non-hydrogen) atoms. The second-order valence-corrected chi connectivity index (χ2v) is 10.4. The van der Waals surface area contributed by atoms with E-state index in [9.17, 15) is 9.90 Å². The van der Waals surface area contributed by atoms with E-state index < -0.39 is 5.91 Å². The zero-order valence-corrected chi connectivity index (χ0v) is 19.7. The van der Waals surface area contributed by atoms with Crippen LogP contribution >= 0.6 is 15.9 Å². The fourth-order valence-corrected chi connectivity index (χ4v) is 3.60. The van der Waals surface area contributed by atoms with Crippen LogP contribution in [-0.4, -0.2) is 17.2 Å². The van der Waals surface area contributed by atoms with Gasteiger partial charge in [0.05, 0.1) is 6.21 Å². The number of hydrogen-bond acceptors (Lipinski definition) is 4. The van der Waals surface area contributed by atoms with E-state index in [0.29, 0.717) is 11.3 Å². The maximum Gasteiger partial charge on any atom is 0.307 e. The highest BCUT2D eigenvalue weighted by Crippen LogP contribution is 2.39. The molecule has 6 heteroatoms. The molecule has 0 fully saturated rings. The minimum atomic E-state index is -0.426. The Morgan fingerprint density at radius 1 is 1.03 bits per heavy atom. The van der Waals surface area contributed by atoms with Gasteiger partial charge >= 0.3 is 5.91 Å². The van der Waals surface area contributed by atoms with E-state index in [2.05, 4.69) is 68.0 Å². The minimum Gasteiger partial charge on any atom is -0.507 e. The average molecular weight is 471 g/mol. The molecule has 1 heterocycles. The van der Waals surface area contributed by atoms with Gasteiger partial charge in [0.25, 0.3) is 0 Å².